The summed E-state index contributed by atoms with van der Waals surface area (Å²) in [5.74, 6) is -0.371. The SMILES string of the molecule is CCCCCC/C=C\C/C=C\C/C=C\CCCCC1(CCCCCCCC/C=C\C/C=C\CCCCCCC)OCC(CCN)O1. The minimum atomic E-state index is -0.371. The molecule has 2 N–H and O–H groups in total. The van der Waals surface area contributed by atoms with Crippen LogP contribution < -0.4 is 5.73 Å². The number of unbranched alkanes of at least 4 members (excludes halogenated alkanes) is 17. The molecular weight excluding hydrogens is 562 g/mol. The summed E-state index contributed by atoms with van der Waals surface area (Å²) in [6.07, 6.45) is 56.9. The molecule has 1 aliphatic heterocycles. The highest BCUT2D eigenvalue weighted by Gasteiger charge is 2.39. The molecule has 0 saturated carbocycles. The van der Waals surface area contributed by atoms with Gasteiger partial charge in [-0.1, -0.05) is 145 Å². The van der Waals surface area contributed by atoms with Gasteiger partial charge in [-0.3, -0.25) is 0 Å². The molecule has 0 aliphatic carbocycles. The molecule has 3 heteroatoms. The van der Waals surface area contributed by atoms with E-state index in [1.807, 2.05) is 0 Å². The number of hydrogen-bond donors (Lipinski definition) is 1. The van der Waals surface area contributed by atoms with Crippen LogP contribution in [0.4, 0.5) is 0 Å². The van der Waals surface area contributed by atoms with Gasteiger partial charge in [0, 0.05) is 12.8 Å². The van der Waals surface area contributed by atoms with E-state index in [-0.39, 0.29) is 11.9 Å². The maximum atomic E-state index is 6.50. The number of rotatable bonds is 33. The summed E-state index contributed by atoms with van der Waals surface area (Å²) in [6.45, 7) is 5.93. The van der Waals surface area contributed by atoms with Gasteiger partial charge in [-0.25, -0.2) is 0 Å². The van der Waals surface area contributed by atoms with E-state index >= 15 is 0 Å². The highest BCUT2D eigenvalue weighted by atomic mass is 16.7. The van der Waals surface area contributed by atoms with Gasteiger partial charge in [-0.05, 0) is 96.4 Å². The van der Waals surface area contributed by atoms with E-state index in [0.29, 0.717) is 13.2 Å². The predicted octanol–water partition coefficient (Wildman–Crippen LogP) is 13.4. The molecule has 46 heavy (non-hydrogen) atoms. The highest BCUT2D eigenvalue weighted by Crippen LogP contribution is 2.35. The monoisotopic (exact) mass is 640 g/mol. The second-order valence-corrected chi connectivity index (χ2v) is 13.6. The van der Waals surface area contributed by atoms with Gasteiger partial charge in [0.15, 0.2) is 5.79 Å². The van der Waals surface area contributed by atoms with Crippen LogP contribution in [0.25, 0.3) is 0 Å². The second-order valence-electron chi connectivity index (χ2n) is 13.6. The van der Waals surface area contributed by atoms with Gasteiger partial charge >= 0.3 is 0 Å². The van der Waals surface area contributed by atoms with E-state index < -0.39 is 0 Å². The molecule has 0 aromatic carbocycles. The van der Waals surface area contributed by atoms with Crippen LogP contribution in [0, 0.1) is 0 Å². The summed E-state index contributed by atoms with van der Waals surface area (Å²) in [5.41, 5.74) is 5.83. The zero-order chi connectivity index (χ0) is 33.1. The lowest BCUT2D eigenvalue weighted by Crippen LogP contribution is -2.31. The molecule has 0 aromatic heterocycles. The van der Waals surface area contributed by atoms with E-state index in [2.05, 4.69) is 74.6 Å². The minimum Gasteiger partial charge on any atom is -0.347 e. The summed E-state index contributed by atoms with van der Waals surface area (Å²) >= 11 is 0. The third kappa shape index (κ3) is 26.6. The Morgan fingerprint density at radius 3 is 1.35 bits per heavy atom. The Morgan fingerprint density at radius 1 is 0.500 bits per heavy atom. The molecule has 0 aromatic rings. The van der Waals surface area contributed by atoms with Crippen molar-refractivity contribution < 1.29 is 9.47 Å². The largest absolute Gasteiger partial charge is 0.347 e. The highest BCUT2D eigenvalue weighted by molar-refractivity contribution is 4.97. The summed E-state index contributed by atoms with van der Waals surface area (Å²) in [7, 11) is 0. The molecule has 2 atom stereocenters. The normalized spacial score (nSPS) is 19.1. The van der Waals surface area contributed by atoms with Crippen molar-refractivity contribution >= 4 is 0 Å². The molecule has 1 heterocycles. The Balaban J connectivity index is 2.11. The van der Waals surface area contributed by atoms with Crippen LogP contribution in [0.1, 0.15) is 187 Å². The standard InChI is InChI=1S/C43H77NO2/c1-3-5-7-9-11-13-15-17-19-21-22-24-26-28-30-32-34-36-39-43(45-41-42(46-43)37-40-44)38-35-33-31-29-27-25-23-20-18-16-14-12-10-8-6-4-2/h14-17,20-23,27,29,42H,3-13,18-19,24-26,28,30-41,44H2,1-2H3/b16-14-,17-15-,22-21-,23-20-,29-27-. The van der Waals surface area contributed by atoms with Crippen LogP contribution >= 0.6 is 0 Å². The summed E-state index contributed by atoms with van der Waals surface area (Å²) in [6, 6.07) is 0. The van der Waals surface area contributed by atoms with Gasteiger partial charge in [-0.2, -0.15) is 0 Å². The van der Waals surface area contributed by atoms with Crippen LogP contribution in [0.3, 0.4) is 0 Å². The van der Waals surface area contributed by atoms with Crippen LogP contribution in [-0.4, -0.2) is 25.0 Å². The van der Waals surface area contributed by atoms with Crippen LogP contribution in [0.5, 0.6) is 0 Å². The lowest BCUT2D eigenvalue weighted by atomic mass is 9.99. The zero-order valence-electron chi connectivity index (χ0n) is 30.8. The number of hydrogen-bond acceptors (Lipinski definition) is 3. The number of nitrogens with two attached hydrogens (primary N) is 1. The van der Waals surface area contributed by atoms with Crippen LogP contribution in [0.15, 0.2) is 60.8 Å². The molecule has 1 fully saturated rings. The summed E-state index contributed by atoms with van der Waals surface area (Å²) < 4.78 is 12.8. The second kappa shape index (κ2) is 33.5. The average molecular weight is 640 g/mol. The molecule has 1 rings (SSSR count). The van der Waals surface area contributed by atoms with Crippen molar-refractivity contribution in [2.24, 2.45) is 5.73 Å². The Kier molecular flexibility index (Phi) is 31.0. The van der Waals surface area contributed by atoms with Gasteiger partial charge in [-0.15, -0.1) is 0 Å². The Morgan fingerprint density at radius 2 is 0.870 bits per heavy atom. The molecule has 1 aliphatic rings. The summed E-state index contributed by atoms with van der Waals surface area (Å²) in [4.78, 5) is 0. The lowest BCUT2D eigenvalue weighted by molar-refractivity contribution is -0.179. The van der Waals surface area contributed by atoms with Crippen LogP contribution in [-0.2, 0) is 9.47 Å². The van der Waals surface area contributed by atoms with Crippen molar-refractivity contribution in [3.05, 3.63) is 60.8 Å². The Hall–Kier alpha value is -1.42. The fourth-order valence-corrected chi connectivity index (χ4v) is 6.19. The first-order valence-corrected chi connectivity index (χ1v) is 20.0. The van der Waals surface area contributed by atoms with E-state index in [0.717, 1.165) is 51.4 Å². The molecule has 0 radical (unpaired) electrons. The lowest BCUT2D eigenvalue weighted by Gasteiger charge is -2.28. The fraction of sp³-hybridized carbons (Fsp3) is 0.767. The van der Waals surface area contributed by atoms with Gasteiger partial charge in [0.05, 0.1) is 12.7 Å². The third-order valence-electron chi connectivity index (χ3n) is 9.11. The first-order valence-electron chi connectivity index (χ1n) is 20.0. The van der Waals surface area contributed by atoms with Crippen molar-refractivity contribution in [3.8, 4) is 0 Å². The molecule has 0 spiro atoms. The maximum Gasteiger partial charge on any atom is 0.168 e. The molecule has 3 nitrogen and oxygen atoms in total. The molecule has 1 saturated heterocycles. The van der Waals surface area contributed by atoms with Crippen molar-refractivity contribution in [1.29, 1.82) is 0 Å². The van der Waals surface area contributed by atoms with E-state index in [9.17, 15) is 0 Å². The van der Waals surface area contributed by atoms with Gasteiger partial charge < -0.3 is 15.2 Å². The first kappa shape index (κ1) is 42.6. The van der Waals surface area contributed by atoms with Gasteiger partial charge in [0.1, 0.15) is 0 Å². The third-order valence-corrected chi connectivity index (χ3v) is 9.11. The quantitative estimate of drug-likeness (QED) is 0.0574. The molecule has 266 valence electrons. The van der Waals surface area contributed by atoms with Crippen molar-refractivity contribution in [2.75, 3.05) is 13.2 Å². The zero-order valence-corrected chi connectivity index (χ0v) is 30.8. The first-order chi connectivity index (χ1) is 22.8. The Bertz CT molecular complexity index is 782. The molecular formula is C43H77NO2. The molecule has 2 unspecified atom stereocenters. The van der Waals surface area contributed by atoms with E-state index in [4.69, 9.17) is 15.2 Å². The molecule has 0 amide bonds. The molecule has 0 bridgehead atoms. The van der Waals surface area contributed by atoms with Crippen molar-refractivity contribution in [1.82, 2.24) is 0 Å². The average Bonchev–Trinajstić information content (AvgIpc) is 3.46. The predicted molar refractivity (Wildman–Crippen MR) is 204 cm³/mol. The number of ether oxygens (including phenoxy) is 2. The van der Waals surface area contributed by atoms with Gasteiger partial charge in [0.2, 0.25) is 0 Å². The topological polar surface area (TPSA) is 44.5 Å². The van der Waals surface area contributed by atoms with Crippen LogP contribution in [0.2, 0.25) is 0 Å². The maximum absolute atomic E-state index is 6.50. The number of allylic oxidation sites excluding steroid dienone is 10. The van der Waals surface area contributed by atoms with Crippen molar-refractivity contribution in [3.63, 3.8) is 0 Å². The fourth-order valence-electron chi connectivity index (χ4n) is 6.19. The minimum absolute atomic E-state index is 0.173. The summed E-state index contributed by atoms with van der Waals surface area (Å²) in [5, 5.41) is 0. The smallest absolute Gasteiger partial charge is 0.168 e. The van der Waals surface area contributed by atoms with Crippen molar-refractivity contribution in [2.45, 2.75) is 199 Å². The Labute approximate surface area is 287 Å². The van der Waals surface area contributed by atoms with Gasteiger partial charge in [0.25, 0.3) is 0 Å². The van der Waals surface area contributed by atoms with E-state index in [1.54, 1.807) is 0 Å². The van der Waals surface area contributed by atoms with E-state index in [1.165, 1.54) is 122 Å².